The number of aryl methyl sites for hydroxylation is 1. The Morgan fingerprint density at radius 3 is 2.40 bits per heavy atom. The standard InChI is InChI=1S/C16H17NO3/c1-10(2)12-4-6-14(7-5-12)20-15-9-13(16(18)19)8-11(3)17-15/h4-10H,1-3H3,(H,18,19). The van der Waals surface area contributed by atoms with E-state index >= 15 is 0 Å². The van der Waals surface area contributed by atoms with Crippen molar-refractivity contribution in [3.05, 3.63) is 53.2 Å². The van der Waals surface area contributed by atoms with Crippen LogP contribution in [0.1, 0.15) is 41.4 Å². The summed E-state index contributed by atoms with van der Waals surface area (Å²) in [5.74, 6) is 0.402. The molecule has 0 aliphatic rings. The summed E-state index contributed by atoms with van der Waals surface area (Å²) in [6.07, 6.45) is 0. The first-order valence-corrected chi connectivity index (χ1v) is 6.45. The Kier molecular flexibility index (Phi) is 4.03. The summed E-state index contributed by atoms with van der Waals surface area (Å²) in [7, 11) is 0. The molecule has 2 rings (SSSR count). The van der Waals surface area contributed by atoms with Crippen LogP contribution in [0.4, 0.5) is 0 Å². The average Bonchev–Trinajstić information content (AvgIpc) is 2.38. The van der Waals surface area contributed by atoms with Gasteiger partial charge in [-0.25, -0.2) is 9.78 Å². The van der Waals surface area contributed by atoms with Crippen molar-refractivity contribution in [3.8, 4) is 11.6 Å². The molecule has 0 aliphatic heterocycles. The van der Waals surface area contributed by atoms with Gasteiger partial charge in [0.1, 0.15) is 5.75 Å². The number of aromatic carboxylic acids is 1. The number of nitrogens with zero attached hydrogens (tertiary/aromatic N) is 1. The fourth-order valence-electron chi connectivity index (χ4n) is 1.86. The molecule has 0 saturated carbocycles. The number of ether oxygens (including phenoxy) is 1. The molecular weight excluding hydrogens is 254 g/mol. The molecule has 0 atom stereocenters. The van der Waals surface area contributed by atoms with Gasteiger partial charge in [-0.15, -0.1) is 0 Å². The number of benzene rings is 1. The molecule has 20 heavy (non-hydrogen) atoms. The van der Waals surface area contributed by atoms with Crippen LogP contribution in [0.5, 0.6) is 11.6 Å². The monoisotopic (exact) mass is 271 g/mol. The molecule has 0 unspecified atom stereocenters. The third-order valence-electron chi connectivity index (χ3n) is 2.95. The van der Waals surface area contributed by atoms with Gasteiger partial charge in [0.25, 0.3) is 0 Å². The number of carboxylic acids is 1. The molecule has 0 spiro atoms. The molecule has 2 aromatic rings. The Morgan fingerprint density at radius 1 is 1.20 bits per heavy atom. The number of aromatic nitrogens is 1. The van der Waals surface area contributed by atoms with E-state index in [1.54, 1.807) is 6.92 Å². The molecule has 0 saturated heterocycles. The van der Waals surface area contributed by atoms with Crippen LogP contribution in [-0.2, 0) is 0 Å². The number of carboxylic acid groups (broad SMARTS) is 1. The molecule has 4 nitrogen and oxygen atoms in total. The minimum absolute atomic E-state index is 0.173. The first-order valence-electron chi connectivity index (χ1n) is 6.45. The Morgan fingerprint density at radius 2 is 1.85 bits per heavy atom. The Balaban J connectivity index is 2.23. The topological polar surface area (TPSA) is 59.4 Å². The van der Waals surface area contributed by atoms with E-state index in [1.807, 2.05) is 24.3 Å². The zero-order valence-electron chi connectivity index (χ0n) is 11.8. The summed E-state index contributed by atoms with van der Waals surface area (Å²) in [5.41, 5.74) is 2.01. The second-order valence-corrected chi connectivity index (χ2v) is 4.97. The van der Waals surface area contributed by atoms with E-state index < -0.39 is 5.97 Å². The van der Waals surface area contributed by atoms with Gasteiger partial charge in [-0.2, -0.15) is 0 Å². The lowest BCUT2D eigenvalue weighted by Crippen LogP contribution is -2.00. The van der Waals surface area contributed by atoms with E-state index in [1.165, 1.54) is 17.7 Å². The van der Waals surface area contributed by atoms with Crippen molar-refractivity contribution in [2.24, 2.45) is 0 Å². The van der Waals surface area contributed by atoms with Gasteiger partial charge < -0.3 is 9.84 Å². The third-order valence-corrected chi connectivity index (χ3v) is 2.95. The number of pyridine rings is 1. The Bertz CT molecular complexity index is 618. The molecule has 1 N–H and O–H groups in total. The van der Waals surface area contributed by atoms with Crippen molar-refractivity contribution >= 4 is 5.97 Å². The second kappa shape index (κ2) is 5.74. The quantitative estimate of drug-likeness (QED) is 0.912. The van der Waals surface area contributed by atoms with Gasteiger partial charge in [0.2, 0.25) is 5.88 Å². The van der Waals surface area contributed by atoms with Gasteiger partial charge in [0.05, 0.1) is 5.56 Å². The second-order valence-electron chi connectivity index (χ2n) is 4.97. The van der Waals surface area contributed by atoms with Crippen LogP contribution in [0.15, 0.2) is 36.4 Å². The van der Waals surface area contributed by atoms with Crippen LogP contribution in [0.3, 0.4) is 0 Å². The maximum absolute atomic E-state index is 11.0. The van der Waals surface area contributed by atoms with Crippen LogP contribution in [0.2, 0.25) is 0 Å². The van der Waals surface area contributed by atoms with Crippen molar-refractivity contribution in [1.82, 2.24) is 4.98 Å². The highest BCUT2D eigenvalue weighted by molar-refractivity contribution is 5.88. The van der Waals surface area contributed by atoms with Crippen LogP contribution >= 0.6 is 0 Å². The smallest absolute Gasteiger partial charge is 0.335 e. The number of hydrogen-bond acceptors (Lipinski definition) is 3. The maximum Gasteiger partial charge on any atom is 0.335 e. The maximum atomic E-state index is 11.0. The normalized spacial score (nSPS) is 10.6. The number of hydrogen-bond donors (Lipinski definition) is 1. The largest absolute Gasteiger partial charge is 0.478 e. The first-order chi connectivity index (χ1) is 9.45. The van der Waals surface area contributed by atoms with Gasteiger partial charge in [-0.3, -0.25) is 0 Å². The molecule has 0 aliphatic carbocycles. The lowest BCUT2D eigenvalue weighted by molar-refractivity contribution is 0.0696. The molecule has 0 bridgehead atoms. The number of rotatable bonds is 4. The summed E-state index contributed by atoms with van der Waals surface area (Å²) in [4.78, 5) is 15.2. The lowest BCUT2D eigenvalue weighted by atomic mass is 10.0. The van der Waals surface area contributed by atoms with E-state index in [4.69, 9.17) is 9.84 Å². The zero-order valence-corrected chi connectivity index (χ0v) is 11.8. The van der Waals surface area contributed by atoms with Crippen molar-refractivity contribution < 1.29 is 14.6 Å². The molecular formula is C16H17NO3. The summed E-state index contributed by atoms with van der Waals surface area (Å²) in [6.45, 7) is 5.98. The van der Waals surface area contributed by atoms with Crippen molar-refractivity contribution in [1.29, 1.82) is 0 Å². The van der Waals surface area contributed by atoms with Gasteiger partial charge in [0.15, 0.2) is 0 Å². The fraction of sp³-hybridized carbons (Fsp3) is 0.250. The third kappa shape index (κ3) is 3.35. The lowest BCUT2D eigenvalue weighted by Gasteiger charge is -2.09. The predicted molar refractivity (Wildman–Crippen MR) is 76.5 cm³/mol. The van der Waals surface area contributed by atoms with E-state index in [-0.39, 0.29) is 5.56 Å². The SMILES string of the molecule is Cc1cc(C(=O)O)cc(Oc2ccc(C(C)C)cc2)n1. The summed E-state index contributed by atoms with van der Waals surface area (Å²) in [5, 5.41) is 9.01. The average molecular weight is 271 g/mol. The molecule has 0 fully saturated rings. The first kappa shape index (κ1) is 14.1. The van der Waals surface area contributed by atoms with Crippen LogP contribution in [0.25, 0.3) is 0 Å². The van der Waals surface area contributed by atoms with Gasteiger partial charge in [-0.1, -0.05) is 26.0 Å². The van der Waals surface area contributed by atoms with Crippen molar-refractivity contribution in [2.75, 3.05) is 0 Å². The van der Waals surface area contributed by atoms with E-state index in [0.717, 1.165) is 0 Å². The van der Waals surface area contributed by atoms with Crippen molar-refractivity contribution in [3.63, 3.8) is 0 Å². The van der Waals surface area contributed by atoms with Gasteiger partial charge >= 0.3 is 5.97 Å². The molecule has 0 radical (unpaired) electrons. The van der Waals surface area contributed by atoms with E-state index in [2.05, 4.69) is 18.8 Å². The van der Waals surface area contributed by atoms with Gasteiger partial charge in [-0.05, 0) is 36.6 Å². The van der Waals surface area contributed by atoms with Crippen molar-refractivity contribution in [2.45, 2.75) is 26.7 Å². The summed E-state index contributed by atoms with van der Waals surface area (Å²) in [6, 6.07) is 10.6. The highest BCUT2D eigenvalue weighted by atomic mass is 16.5. The summed E-state index contributed by atoms with van der Waals surface area (Å²) < 4.78 is 5.61. The fourth-order valence-corrected chi connectivity index (χ4v) is 1.86. The molecule has 1 aromatic carbocycles. The Labute approximate surface area is 118 Å². The van der Waals surface area contributed by atoms with Gasteiger partial charge in [0, 0.05) is 11.8 Å². The molecule has 4 heteroatoms. The van der Waals surface area contributed by atoms with Crippen LogP contribution in [0, 0.1) is 6.92 Å². The highest BCUT2D eigenvalue weighted by Gasteiger charge is 2.08. The molecule has 1 aromatic heterocycles. The molecule has 104 valence electrons. The molecule has 0 amide bonds. The Hall–Kier alpha value is -2.36. The summed E-state index contributed by atoms with van der Waals surface area (Å²) >= 11 is 0. The predicted octanol–water partition coefficient (Wildman–Crippen LogP) is 4.00. The minimum Gasteiger partial charge on any atom is -0.478 e. The van der Waals surface area contributed by atoms with Crippen LogP contribution < -0.4 is 4.74 Å². The zero-order chi connectivity index (χ0) is 14.7. The van der Waals surface area contributed by atoms with E-state index in [9.17, 15) is 4.79 Å². The number of carbonyl (C=O) groups is 1. The van der Waals surface area contributed by atoms with Crippen LogP contribution in [-0.4, -0.2) is 16.1 Å². The highest BCUT2D eigenvalue weighted by Crippen LogP contribution is 2.23. The molecule has 1 heterocycles. The van der Waals surface area contributed by atoms with E-state index in [0.29, 0.717) is 23.2 Å². The minimum atomic E-state index is -0.990.